The third-order valence-electron chi connectivity index (χ3n) is 3.74. The summed E-state index contributed by atoms with van der Waals surface area (Å²) in [4.78, 5) is 16.0. The molecule has 0 radical (unpaired) electrons. The number of nitrogens with two attached hydrogens (primary N) is 1. The molecule has 0 atom stereocenters. The van der Waals surface area contributed by atoms with Crippen molar-refractivity contribution in [3.63, 3.8) is 0 Å². The Hall–Kier alpha value is -2.27. The van der Waals surface area contributed by atoms with Gasteiger partial charge in [0.25, 0.3) is 5.91 Å². The summed E-state index contributed by atoms with van der Waals surface area (Å²) in [5.41, 5.74) is 7.13. The molecule has 1 aromatic carbocycles. The Labute approximate surface area is 141 Å². The molecule has 3 N–H and O–H groups in total. The summed E-state index contributed by atoms with van der Waals surface area (Å²) in [6, 6.07) is 10.7. The lowest BCUT2D eigenvalue weighted by molar-refractivity contribution is 0.102. The van der Waals surface area contributed by atoms with Crippen molar-refractivity contribution in [2.45, 2.75) is 31.8 Å². The van der Waals surface area contributed by atoms with Crippen LogP contribution in [0.1, 0.15) is 36.2 Å². The number of carbonyl (C=O) groups is 1. The van der Waals surface area contributed by atoms with Crippen molar-refractivity contribution in [3.05, 3.63) is 48.3 Å². The average Bonchev–Trinajstić information content (AvgIpc) is 3.03. The predicted octanol–water partition coefficient (Wildman–Crippen LogP) is 3.66. The van der Waals surface area contributed by atoms with Crippen molar-refractivity contribution in [1.29, 1.82) is 0 Å². The third-order valence-corrected chi connectivity index (χ3v) is 3.74. The number of rotatable bonds is 4. The number of anilines is 2. The molecule has 0 saturated heterocycles. The molecule has 1 aromatic heterocycles. The molecule has 2 aromatic rings. The van der Waals surface area contributed by atoms with Gasteiger partial charge < -0.3 is 15.8 Å². The molecule has 0 aliphatic heterocycles. The van der Waals surface area contributed by atoms with E-state index in [1.807, 2.05) is 24.3 Å². The van der Waals surface area contributed by atoms with E-state index in [-0.39, 0.29) is 18.3 Å². The van der Waals surface area contributed by atoms with Crippen LogP contribution in [0, 0.1) is 0 Å². The summed E-state index contributed by atoms with van der Waals surface area (Å²) in [6.45, 7) is 0. The van der Waals surface area contributed by atoms with Gasteiger partial charge in [0, 0.05) is 5.69 Å². The largest absolute Gasteiger partial charge is 0.490 e. The van der Waals surface area contributed by atoms with Crippen molar-refractivity contribution in [2.24, 2.45) is 0 Å². The molecule has 1 amide bonds. The smallest absolute Gasteiger partial charge is 0.274 e. The van der Waals surface area contributed by atoms with Crippen molar-refractivity contribution in [3.8, 4) is 5.75 Å². The van der Waals surface area contributed by atoms with Crippen LogP contribution in [0.5, 0.6) is 5.75 Å². The fraction of sp³-hybridized carbons (Fsp3) is 0.294. The van der Waals surface area contributed by atoms with Crippen LogP contribution in [0.15, 0.2) is 42.6 Å². The summed E-state index contributed by atoms with van der Waals surface area (Å²) in [6.07, 6.45) is 6.54. The molecular weight excluding hydrogens is 314 g/mol. The van der Waals surface area contributed by atoms with Gasteiger partial charge in [-0.3, -0.25) is 4.79 Å². The van der Waals surface area contributed by atoms with Gasteiger partial charge >= 0.3 is 0 Å². The molecule has 0 spiro atoms. The highest BCUT2D eigenvalue weighted by molar-refractivity contribution is 6.02. The minimum Gasteiger partial charge on any atom is -0.490 e. The van der Waals surface area contributed by atoms with Gasteiger partial charge in [0.15, 0.2) is 0 Å². The minimum absolute atomic E-state index is 0. The maximum absolute atomic E-state index is 12.0. The Balaban J connectivity index is 0.00000192. The quantitative estimate of drug-likeness (QED) is 0.895. The second-order valence-electron chi connectivity index (χ2n) is 5.48. The maximum atomic E-state index is 12.0. The first-order valence-electron chi connectivity index (χ1n) is 7.50. The number of nitrogen functional groups attached to an aromatic ring is 1. The van der Waals surface area contributed by atoms with Gasteiger partial charge in [-0.1, -0.05) is 0 Å². The molecule has 5 nitrogen and oxygen atoms in total. The Morgan fingerprint density at radius 1 is 1.13 bits per heavy atom. The molecule has 122 valence electrons. The number of hydrogen-bond acceptors (Lipinski definition) is 4. The fourth-order valence-electron chi connectivity index (χ4n) is 2.55. The van der Waals surface area contributed by atoms with Crippen molar-refractivity contribution >= 4 is 29.7 Å². The third kappa shape index (κ3) is 4.60. The summed E-state index contributed by atoms with van der Waals surface area (Å²) in [5, 5.41) is 2.80. The molecule has 3 rings (SSSR count). The number of halogens is 1. The number of benzene rings is 1. The highest BCUT2D eigenvalue weighted by Crippen LogP contribution is 2.25. The zero-order valence-electron chi connectivity index (χ0n) is 12.7. The van der Waals surface area contributed by atoms with E-state index in [0.29, 0.717) is 23.2 Å². The number of hydrogen-bond donors (Lipinski definition) is 2. The van der Waals surface area contributed by atoms with Crippen LogP contribution in [-0.4, -0.2) is 17.0 Å². The van der Waals surface area contributed by atoms with Crippen LogP contribution in [0.4, 0.5) is 11.4 Å². The number of nitrogens with one attached hydrogen (secondary N) is 1. The predicted molar refractivity (Wildman–Crippen MR) is 93.2 cm³/mol. The van der Waals surface area contributed by atoms with Crippen molar-refractivity contribution in [1.82, 2.24) is 4.98 Å². The van der Waals surface area contributed by atoms with Crippen molar-refractivity contribution < 1.29 is 9.53 Å². The van der Waals surface area contributed by atoms with E-state index in [1.165, 1.54) is 19.0 Å². The first-order chi connectivity index (χ1) is 10.7. The van der Waals surface area contributed by atoms with E-state index >= 15 is 0 Å². The lowest BCUT2D eigenvalue weighted by Gasteiger charge is -2.13. The number of nitrogens with zero attached hydrogens (tertiary/aromatic N) is 1. The molecule has 6 heteroatoms. The first-order valence-corrected chi connectivity index (χ1v) is 7.50. The Morgan fingerprint density at radius 3 is 2.43 bits per heavy atom. The normalized spacial score (nSPS) is 14.1. The molecule has 0 unspecified atom stereocenters. The van der Waals surface area contributed by atoms with E-state index in [0.717, 1.165) is 18.6 Å². The summed E-state index contributed by atoms with van der Waals surface area (Å²) in [7, 11) is 0. The molecule has 0 bridgehead atoms. The van der Waals surface area contributed by atoms with Crippen LogP contribution >= 0.6 is 12.4 Å². The molecule has 1 heterocycles. The summed E-state index contributed by atoms with van der Waals surface area (Å²) in [5.74, 6) is 0.583. The highest BCUT2D eigenvalue weighted by atomic mass is 35.5. The summed E-state index contributed by atoms with van der Waals surface area (Å²) < 4.78 is 5.89. The van der Waals surface area contributed by atoms with Crippen LogP contribution < -0.4 is 15.8 Å². The fourth-order valence-corrected chi connectivity index (χ4v) is 2.55. The highest BCUT2D eigenvalue weighted by Gasteiger charge is 2.16. The molecule has 1 aliphatic rings. The monoisotopic (exact) mass is 333 g/mol. The van der Waals surface area contributed by atoms with Crippen molar-refractivity contribution in [2.75, 3.05) is 11.1 Å². The molecule has 23 heavy (non-hydrogen) atoms. The van der Waals surface area contributed by atoms with E-state index in [4.69, 9.17) is 10.5 Å². The van der Waals surface area contributed by atoms with Gasteiger partial charge in [0.05, 0.1) is 18.0 Å². The lowest BCUT2D eigenvalue weighted by atomic mass is 10.2. The maximum Gasteiger partial charge on any atom is 0.274 e. The molecule has 1 fully saturated rings. The summed E-state index contributed by atoms with van der Waals surface area (Å²) >= 11 is 0. The first kappa shape index (κ1) is 17.1. The average molecular weight is 334 g/mol. The molecular formula is C17H20ClN3O2. The topological polar surface area (TPSA) is 77.2 Å². The molecule has 1 aliphatic carbocycles. The van der Waals surface area contributed by atoms with E-state index in [1.54, 1.807) is 12.1 Å². The van der Waals surface area contributed by atoms with Gasteiger partial charge in [0.2, 0.25) is 0 Å². The van der Waals surface area contributed by atoms with Crippen LogP contribution in [-0.2, 0) is 0 Å². The van der Waals surface area contributed by atoms with E-state index < -0.39 is 0 Å². The van der Waals surface area contributed by atoms with Crippen LogP contribution in [0.25, 0.3) is 0 Å². The number of pyridine rings is 1. The zero-order chi connectivity index (χ0) is 15.4. The van der Waals surface area contributed by atoms with E-state index in [2.05, 4.69) is 10.3 Å². The van der Waals surface area contributed by atoms with Gasteiger partial charge in [-0.15, -0.1) is 12.4 Å². The Kier molecular flexibility index (Phi) is 5.82. The lowest BCUT2D eigenvalue weighted by Crippen LogP contribution is -2.14. The number of aromatic nitrogens is 1. The van der Waals surface area contributed by atoms with Gasteiger partial charge in [-0.2, -0.15) is 0 Å². The minimum atomic E-state index is -0.260. The van der Waals surface area contributed by atoms with Crippen LogP contribution in [0.3, 0.4) is 0 Å². The Bertz CT molecular complexity index is 638. The molecule has 1 saturated carbocycles. The zero-order valence-corrected chi connectivity index (χ0v) is 13.5. The van der Waals surface area contributed by atoms with Crippen LogP contribution in [0.2, 0.25) is 0 Å². The van der Waals surface area contributed by atoms with Gasteiger partial charge in [-0.05, 0) is 62.1 Å². The number of amides is 1. The van der Waals surface area contributed by atoms with E-state index in [9.17, 15) is 4.79 Å². The second kappa shape index (κ2) is 7.83. The number of ether oxygens (including phenoxy) is 1. The van der Waals surface area contributed by atoms with Gasteiger partial charge in [-0.25, -0.2) is 4.98 Å². The SMILES string of the molecule is Cl.Nc1ccc(C(=O)Nc2ccc(OC3CCCC3)cc2)nc1. The van der Waals surface area contributed by atoms with Gasteiger partial charge in [0.1, 0.15) is 11.4 Å². The second-order valence-corrected chi connectivity index (χ2v) is 5.48. The Morgan fingerprint density at radius 2 is 1.83 bits per heavy atom. The number of carbonyl (C=O) groups excluding carboxylic acids is 1. The standard InChI is InChI=1S/C17H19N3O2.ClH/c18-12-5-10-16(19-11-12)17(21)20-13-6-8-15(9-7-13)22-14-3-1-2-4-14;/h5-11,14H,1-4,18H2,(H,20,21);1H.